The average Bonchev–Trinajstić information content (AvgIpc) is 3.24. The highest BCUT2D eigenvalue weighted by Gasteiger charge is 2.16. The van der Waals surface area contributed by atoms with Gasteiger partial charge in [0, 0.05) is 0 Å². The molecule has 1 aromatic carbocycles. The zero-order valence-corrected chi connectivity index (χ0v) is 14.0. The van der Waals surface area contributed by atoms with Crippen LogP contribution in [0.1, 0.15) is 18.4 Å². The van der Waals surface area contributed by atoms with E-state index in [-0.39, 0.29) is 17.3 Å². The van der Waals surface area contributed by atoms with Crippen LogP contribution < -0.4 is 4.72 Å². The Kier molecular flexibility index (Phi) is 4.56. The summed E-state index contributed by atoms with van der Waals surface area (Å²) < 4.78 is 32.4. The largest absolute Gasteiger partial charge is 0.418 e. The molecule has 120 valence electrons. The summed E-state index contributed by atoms with van der Waals surface area (Å²) in [7, 11) is -3.60. The fraction of sp³-hybridized carbons (Fsp3) is 0.200. The molecule has 0 bridgehead atoms. The minimum Gasteiger partial charge on any atom is -0.418 e. The number of nitrogens with one attached hydrogen (secondary N) is 1. The van der Waals surface area contributed by atoms with Crippen molar-refractivity contribution in [1.82, 2.24) is 14.9 Å². The first-order valence-corrected chi connectivity index (χ1v) is 9.39. The van der Waals surface area contributed by atoms with Crippen molar-refractivity contribution >= 4 is 21.4 Å². The van der Waals surface area contributed by atoms with E-state index in [1.165, 1.54) is 11.3 Å². The van der Waals surface area contributed by atoms with E-state index < -0.39 is 10.0 Å². The number of thiophene rings is 1. The van der Waals surface area contributed by atoms with Gasteiger partial charge in [-0.25, -0.2) is 13.1 Å². The minimum absolute atomic E-state index is 0.0454. The zero-order valence-electron chi connectivity index (χ0n) is 12.4. The van der Waals surface area contributed by atoms with Crippen molar-refractivity contribution in [2.75, 3.05) is 0 Å². The van der Waals surface area contributed by atoms with Crippen LogP contribution in [0.4, 0.5) is 0 Å². The number of aromatic nitrogens is 2. The van der Waals surface area contributed by atoms with Gasteiger partial charge in [-0.1, -0.05) is 25.1 Å². The molecule has 0 aliphatic rings. The number of hydrogen-bond donors (Lipinski definition) is 1. The molecule has 0 saturated carbocycles. The smallest absolute Gasteiger partial charge is 0.257 e. The van der Waals surface area contributed by atoms with Crippen molar-refractivity contribution in [2.24, 2.45) is 0 Å². The SMILES string of the molecule is CCc1ccc(S(=O)(=O)NCc2nnc(-c3cccs3)o2)cc1. The van der Waals surface area contributed by atoms with Gasteiger partial charge in [0.2, 0.25) is 15.9 Å². The Bertz CT molecular complexity index is 869. The summed E-state index contributed by atoms with van der Waals surface area (Å²) in [4.78, 5) is 1.06. The molecule has 0 fully saturated rings. The van der Waals surface area contributed by atoms with E-state index in [4.69, 9.17) is 4.42 Å². The van der Waals surface area contributed by atoms with Gasteiger partial charge in [-0.2, -0.15) is 0 Å². The van der Waals surface area contributed by atoms with Gasteiger partial charge < -0.3 is 4.42 Å². The Morgan fingerprint density at radius 2 is 1.96 bits per heavy atom. The molecule has 0 amide bonds. The Hall–Kier alpha value is -2.03. The predicted molar refractivity (Wildman–Crippen MR) is 87.5 cm³/mol. The van der Waals surface area contributed by atoms with E-state index in [2.05, 4.69) is 14.9 Å². The summed E-state index contributed by atoms with van der Waals surface area (Å²) in [6.07, 6.45) is 0.862. The fourth-order valence-corrected chi connectivity index (χ4v) is 3.59. The summed E-state index contributed by atoms with van der Waals surface area (Å²) in [5.74, 6) is 0.614. The van der Waals surface area contributed by atoms with E-state index in [0.717, 1.165) is 16.9 Å². The maximum atomic E-state index is 12.2. The third-order valence-corrected chi connectivity index (χ3v) is 5.53. The van der Waals surface area contributed by atoms with E-state index in [0.29, 0.717) is 5.89 Å². The van der Waals surface area contributed by atoms with Crippen molar-refractivity contribution in [3.05, 3.63) is 53.2 Å². The topological polar surface area (TPSA) is 85.1 Å². The summed E-state index contributed by atoms with van der Waals surface area (Å²) in [6, 6.07) is 10.5. The van der Waals surface area contributed by atoms with Gasteiger partial charge in [0.15, 0.2) is 0 Å². The van der Waals surface area contributed by atoms with Crippen LogP contribution in [0.15, 0.2) is 51.1 Å². The molecule has 3 aromatic rings. The maximum Gasteiger partial charge on any atom is 0.257 e. The van der Waals surface area contributed by atoms with Gasteiger partial charge in [-0.3, -0.25) is 0 Å². The molecule has 2 heterocycles. The Morgan fingerprint density at radius 3 is 2.61 bits per heavy atom. The third-order valence-electron chi connectivity index (χ3n) is 3.25. The minimum atomic E-state index is -3.60. The summed E-state index contributed by atoms with van der Waals surface area (Å²) in [5, 5.41) is 9.68. The molecule has 0 radical (unpaired) electrons. The standard InChI is InChI=1S/C15H15N3O3S2/c1-2-11-5-7-12(8-6-11)23(19,20)16-10-14-17-18-15(21-14)13-4-3-9-22-13/h3-9,16H,2,10H2,1H3. The molecule has 3 rings (SSSR count). The van der Waals surface area contributed by atoms with Gasteiger partial charge >= 0.3 is 0 Å². The van der Waals surface area contributed by atoms with Gasteiger partial charge in [0.25, 0.3) is 5.89 Å². The van der Waals surface area contributed by atoms with E-state index in [1.54, 1.807) is 24.3 Å². The predicted octanol–water partition coefficient (Wildman–Crippen LogP) is 2.84. The average molecular weight is 349 g/mol. The second-order valence-electron chi connectivity index (χ2n) is 4.80. The molecule has 0 unspecified atom stereocenters. The number of hydrogen-bond acceptors (Lipinski definition) is 6. The molecule has 2 aromatic heterocycles. The van der Waals surface area contributed by atoms with Crippen LogP contribution in [-0.4, -0.2) is 18.6 Å². The zero-order chi connectivity index (χ0) is 16.3. The Morgan fingerprint density at radius 1 is 1.17 bits per heavy atom. The van der Waals surface area contributed by atoms with Gasteiger partial charge in [-0.05, 0) is 35.6 Å². The van der Waals surface area contributed by atoms with Crippen LogP contribution in [0, 0.1) is 0 Å². The molecule has 0 aliphatic carbocycles. The normalized spacial score (nSPS) is 11.7. The molecule has 1 N–H and O–H groups in total. The quantitative estimate of drug-likeness (QED) is 0.739. The first kappa shape index (κ1) is 15.9. The monoisotopic (exact) mass is 349 g/mol. The fourth-order valence-electron chi connectivity index (χ4n) is 1.97. The molecule has 6 nitrogen and oxygen atoms in total. The number of sulfonamides is 1. The highest BCUT2D eigenvalue weighted by molar-refractivity contribution is 7.89. The van der Waals surface area contributed by atoms with Crippen LogP contribution in [0.2, 0.25) is 0 Å². The summed E-state index contributed by atoms with van der Waals surface area (Å²) in [6.45, 7) is 1.97. The molecule has 8 heteroatoms. The van der Waals surface area contributed by atoms with Crippen LogP contribution >= 0.6 is 11.3 Å². The van der Waals surface area contributed by atoms with Crippen molar-refractivity contribution in [3.8, 4) is 10.8 Å². The van der Waals surface area contributed by atoms with Gasteiger partial charge in [-0.15, -0.1) is 21.5 Å². The summed E-state index contributed by atoms with van der Waals surface area (Å²) in [5.41, 5.74) is 1.08. The first-order valence-electron chi connectivity index (χ1n) is 7.03. The number of benzene rings is 1. The lowest BCUT2D eigenvalue weighted by Gasteiger charge is -2.05. The van der Waals surface area contributed by atoms with Gasteiger partial charge in [0.05, 0.1) is 16.3 Å². The lowest BCUT2D eigenvalue weighted by Crippen LogP contribution is -2.23. The highest BCUT2D eigenvalue weighted by Crippen LogP contribution is 2.23. The highest BCUT2D eigenvalue weighted by atomic mass is 32.2. The Balaban J connectivity index is 1.69. The molecular weight excluding hydrogens is 334 g/mol. The van der Waals surface area contributed by atoms with Crippen LogP contribution in [0.3, 0.4) is 0 Å². The number of nitrogens with zero attached hydrogens (tertiary/aromatic N) is 2. The number of rotatable bonds is 6. The molecule has 0 atom stereocenters. The van der Waals surface area contributed by atoms with Crippen LogP contribution in [-0.2, 0) is 23.0 Å². The molecular formula is C15H15N3O3S2. The second-order valence-corrected chi connectivity index (χ2v) is 7.51. The molecule has 23 heavy (non-hydrogen) atoms. The van der Waals surface area contributed by atoms with E-state index in [9.17, 15) is 8.42 Å². The third kappa shape index (κ3) is 3.66. The van der Waals surface area contributed by atoms with Gasteiger partial charge in [0.1, 0.15) is 0 Å². The van der Waals surface area contributed by atoms with Crippen LogP contribution in [0.5, 0.6) is 0 Å². The maximum absolute atomic E-state index is 12.2. The molecule has 0 aliphatic heterocycles. The van der Waals surface area contributed by atoms with Crippen molar-refractivity contribution in [2.45, 2.75) is 24.8 Å². The van der Waals surface area contributed by atoms with Crippen molar-refractivity contribution in [3.63, 3.8) is 0 Å². The van der Waals surface area contributed by atoms with Crippen LogP contribution in [0.25, 0.3) is 10.8 Å². The lowest BCUT2D eigenvalue weighted by atomic mass is 10.2. The molecule has 0 spiro atoms. The first-order chi connectivity index (χ1) is 11.1. The second kappa shape index (κ2) is 6.61. The number of aryl methyl sites for hydroxylation is 1. The van der Waals surface area contributed by atoms with Crippen molar-refractivity contribution < 1.29 is 12.8 Å². The molecule has 0 saturated heterocycles. The van der Waals surface area contributed by atoms with E-state index >= 15 is 0 Å². The summed E-state index contributed by atoms with van der Waals surface area (Å²) >= 11 is 1.48. The lowest BCUT2D eigenvalue weighted by molar-refractivity contribution is 0.495. The van der Waals surface area contributed by atoms with Crippen molar-refractivity contribution in [1.29, 1.82) is 0 Å². The van der Waals surface area contributed by atoms with E-state index in [1.807, 2.05) is 24.4 Å². The Labute approximate surface area is 138 Å².